The fourth-order valence-electron chi connectivity index (χ4n) is 2.40. The molecule has 0 amide bonds. The average molecular weight is 205 g/mol. The lowest BCUT2D eigenvalue weighted by Crippen LogP contribution is -2.32. The van der Waals surface area contributed by atoms with Gasteiger partial charge in [0.1, 0.15) is 0 Å². The Morgan fingerprint density at radius 3 is 2.47 bits per heavy atom. The second-order valence-electron chi connectivity index (χ2n) is 4.62. The van der Waals surface area contributed by atoms with Crippen LogP contribution in [0.1, 0.15) is 23.1 Å². The number of aliphatic hydroxyl groups excluding tert-OH is 1. The maximum Gasteiger partial charge on any atom is 0.0708 e. The highest BCUT2D eigenvalue weighted by molar-refractivity contribution is 5.29. The lowest BCUT2D eigenvalue weighted by Gasteiger charge is -2.15. The average Bonchev–Trinajstić information content (AvgIpc) is 2.50. The molecule has 0 saturated carbocycles. The highest BCUT2D eigenvalue weighted by atomic mass is 16.3. The van der Waals surface area contributed by atoms with Gasteiger partial charge in [-0.3, -0.25) is 0 Å². The maximum absolute atomic E-state index is 9.73. The summed E-state index contributed by atoms with van der Waals surface area (Å²) in [7, 11) is 0. The van der Waals surface area contributed by atoms with Crippen molar-refractivity contribution in [1.82, 2.24) is 5.32 Å². The maximum atomic E-state index is 9.73. The van der Waals surface area contributed by atoms with Crippen molar-refractivity contribution in [3.05, 3.63) is 34.9 Å². The highest BCUT2D eigenvalue weighted by Gasteiger charge is 2.24. The largest absolute Gasteiger partial charge is 0.391 e. The molecule has 1 aliphatic heterocycles. The van der Waals surface area contributed by atoms with Crippen molar-refractivity contribution in [3.63, 3.8) is 0 Å². The molecule has 0 bridgehead atoms. The van der Waals surface area contributed by atoms with Crippen LogP contribution in [0.25, 0.3) is 0 Å². The first kappa shape index (κ1) is 10.7. The third kappa shape index (κ3) is 2.58. The number of rotatable bonds is 2. The second kappa shape index (κ2) is 4.33. The molecule has 2 atom stereocenters. The molecule has 0 radical (unpaired) electrons. The van der Waals surface area contributed by atoms with E-state index >= 15 is 0 Å². The van der Waals surface area contributed by atoms with Gasteiger partial charge in [-0.25, -0.2) is 0 Å². The SMILES string of the molecule is Cc1cc(C)cc(CC2NCCC2O)c1. The van der Waals surface area contributed by atoms with Crippen molar-refractivity contribution in [1.29, 1.82) is 0 Å². The monoisotopic (exact) mass is 205 g/mol. The van der Waals surface area contributed by atoms with Gasteiger partial charge in [0.25, 0.3) is 0 Å². The molecular weight excluding hydrogens is 186 g/mol. The quantitative estimate of drug-likeness (QED) is 0.768. The summed E-state index contributed by atoms with van der Waals surface area (Å²) in [5.41, 5.74) is 3.93. The zero-order valence-electron chi connectivity index (χ0n) is 9.46. The van der Waals surface area contributed by atoms with Crippen LogP contribution >= 0.6 is 0 Å². The molecule has 82 valence electrons. The van der Waals surface area contributed by atoms with Gasteiger partial charge in [-0.1, -0.05) is 29.3 Å². The van der Waals surface area contributed by atoms with Crippen LogP contribution in [0.3, 0.4) is 0 Å². The summed E-state index contributed by atoms with van der Waals surface area (Å²) in [6.07, 6.45) is 1.64. The normalized spacial score (nSPS) is 25.8. The van der Waals surface area contributed by atoms with Crippen LogP contribution in [0.4, 0.5) is 0 Å². The molecule has 1 aliphatic rings. The minimum absolute atomic E-state index is 0.175. The summed E-state index contributed by atoms with van der Waals surface area (Å²) in [6, 6.07) is 6.84. The molecule has 0 aliphatic carbocycles. The Morgan fingerprint density at radius 1 is 1.27 bits per heavy atom. The lowest BCUT2D eigenvalue weighted by molar-refractivity contribution is 0.159. The fraction of sp³-hybridized carbons (Fsp3) is 0.538. The minimum atomic E-state index is -0.175. The van der Waals surface area contributed by atoms with Crippen LogP contribution in [0, 0.1) is 13.8 Å². The molecule has 1 aromatic rings. The summed E-state index contributed by atoms with van der Waals surface area (Å²) in [6.45, 7) is 5.18. The molecule has 2 heteroatoms. The van der Waals surface area contributed by atoms with Crippen molar-refractivity contribution in [2.75, 3.05) is 6.54 Å². The number of hydrogen-bond acceptors (Lipinski definition) is 2. The summed E-state index contributed by atoms with van der Waals surface area (Å²) >= 11 is 0. The molecule has 2 rings (SSSR count). The Balaban J connectivity index is 2.10. The smallest absolute Gasteiger partial charge is 0.0708 e. The van der Waals surface area contributed by atoms with E-state index in [2.05, 4.69) is 37.4 Å². The lowest BCUT2D eigenvalue weighted by atomic mass is 9.99. The van der Waals surface area contributed by atoms with E-state index < -0.39 is 0 Å². The molecule has 15 heavy (non-hydrogen) atoms. The number of benzene rings is 1. The van der Waals surface area contributed by atoms with E-state index in [4.69, 9.17) is 0 Å². The Morgan fingerprint density at radius 2 is 1.93 bits per heavy atom. The first-order valence-corrected chi connectivity index (χ1v) is 5.64. The van der Waals surface area contributed by atoms with Crippen LogP contribution < -0.4 is 5.32 Å². The van der Waals surface area contributed by atoms with Crippen molar-refractivity contribution in [2.45, 2.75) is 38.8 Å². The van der Waals surface area contributed by atoms with Gasteiger partial charge in [0, 0.05) is 6.04 Å². The molecule has 1 fully saturated rings. The third-order valence-corrected chi connectivity index (χ3v) is 3.05. The van der Waals surface area contributed by atoms with E-state index in [9.17, 15) is 5.11 Å². The second-order valence-corrected chi connectivity index (χ2v) is 4.62. The Kier molecular flexibility index (Phi) is 3.08. The van der Waals surface area contributed by atoms with Gasteiger partial charge in [0.2, 0.25) is 0 Å². The van der Waals surface area contributed by atoms with E-state index in [1.807, 2.05) is 0 Å². The predicted molar refractivity (Wildman–Crippen MR) is 62.0 cm³/mol. The minimum Gasteiger partial charge on any atom is -0.391 e. The standard InChI is InChI=1S/C13H19NO/c1-9-5-10(2)7-11(6-9)8-12-13(15)3-4-14-12/h5-7,12-15H,3-4,8H2,1-2H3. The van der Waals surface area contributed by atoms with E-state index in [0.717, 1.165) is 19.4 Å². The number of hydrogen-bond donors (Lipinski definition) is 2. The van der Waals surface area contributed by atoms with Crippen molar-refractivity contribution < 1.29 is 5.11 Å². The van der Waals surface area contributed by atoms with E-state index in [-0.39, 0.29) is 12.1 Å². The van der Waals surface area contributed by atoms with Gasteiger partial charge in [0.15, 0.2) is 0 Å². The molecule has 2 unspecified atom stereocenters. The molecule has 1 heterocycles. The summed E-state index contributed by atoms with van der Waals surface area (Å²) in [5, 5.41) is 13.1. The zero-order valence-corrected chi connectivity index (χ0v) is 9.46. The summed E-state index contributed by atoms with van der Waals surface area (Å²) in [5.74, 6) is 0. The van der Waals surface area contributed by atoms with Gasteiger partial charge in [-0.2, -0.15) is 0 Å². The number of aryl methyl sites for hydroxylation is 2. The van der Waals surface area contributed by atoms with Gasteiger partial charge in [0.05, 0.1) is 6.10 Å². The zero-order chi connectivity index (χ0) is 10.8. The van der Waals surface area contributed by atoms with Crippen LogP contribution in [0.2, 0.25) is 0 Å². The molecule has 0 aromatic heterocycles. The van der Waals surface area contributed by atoms with Crippen LogP contribution in [-0.4, -0.2) is 23.8 Å². The van der Waals surface area contributed by atoms with Gasteiger partial charge in [-0.05, 0) is 38.8 Å². The molecular formula is C13H19NO. The van der Waals surface area contributed by atoms with E-state index in [0.29, 0.717) is 0 Å². The molecule has 2 nitrogen and oxygen atoms in total. The Bertz CT molecular complexity index is 328. The molecule has 1 saturated heterocycles. The van der Waals surface area contributed by atoms with Gasteiger partial charge >= 0.3 is 0 Å². The first-order valence-electron chi connectivity index (χ1n) is 5.64. The summed E-state index contributed by atoms with van der Waals surface area (Å²) < 4.78 is 0. The Labute approximate surface area is 91.3 Å². The Hall–Kier alpha value is -0.860. The third-order valence-electron chi connectivity index (χ3n) is 3.05. The molecule has 0 spiro atoms. The van der Waals surface area contributed by atoms with Crippen LogP contribution in [0.15, 0.2) is 18.2 Å². The number of aliphatic hydroxyl groups is 1. The highest BCUT2D eigenvalue weighted by Crippen LogP contribution is 2.15. The fourth-order valence-corrected chi connectivity index (χ4v) is 2.40. The van der Waals surface area contributed by atoms with Gasteiger partial charge < -0.3 is 10.4 Å². The van der Waals surface area contributed by atoms with Crippen molar-refractivity contribution in [2.24, 2.45) is 0 Å². The molecule has 2 N–H and O–H groups in total. The van der Waals surface area contributed by atoms with Crippen LogP contribution in [0.5, 0.6) is 0 Å². The number of nitrogens with one attached hydrogen (secondary N) is 1. The van der Waals surface area contributed by atoms with Crippen molar-refractivity contribution >= 4 is 0 Å². The topological polar surface area (TPSA) is 32.3 Å². The summed E-state index contributed by atoms with van der Waals surface area (Å²) in [4.78, 5) is 0. The van der Waals surface area contributed by atoms with Gasteiger partial charge in [-0.15, -0.1) is 0 Å². The molecule has 1 aromatic carbocycles. The van der Waals surface area contributed by atoms with E-state index in [1.54, 1.807) is 0 Å². The van der Waals surface area contributed by atoms with E-state index in [1.165, 1.54) is 16.7 Å². The first-order chi connectivity index (χ1) is 7.15. The van der Waals surface area contributed by atoms with Crippen LogP contribution in [-0.2, 0) is 6.42 Å². The van der Waals surface area contributed by atoms with Crippen molar-refractivity contribution in [3.8, 4) is 0 Å². The predicted octanol–water partition coefficient (Wildman–Crippen LogP) is 1.57.